The van der Waals surface area contributed by atoms with Crippen molar-refractivity contribution in [2.45, 2.75) is 36.8 Å². The zero-order chi connectivity index (χ0) is 20.5. The number of fused-ring (bicyclic) bond motifs is 1. The van der Waals surface area contributed by atoms with Crippen molar-refractivity contribution < 1.29 is 5.11 Å². The van der Waals surface area contributed by atoms with E-state index in [4.69, 9.17) is 10.7 Å². The molecular weight excluding hydrogens is 400 g/mol. The fourth-order valence-corrected chi connectivity index (χ4v) is 4.04. The SMILES string of the molecule is NC(=Nc1ccc(SC2=NC(=Nc3cc(CO)[nH]n3)C3CC=CN3N2)cc1)C1CC1. The molecule has 1 aliphatic carbocycles. The van der Waals surface area contributed by atoms with E-state index in [-0.39, 0.29) is 12.6 Å². The van der Waals surface area contributed by atoms with Gasteiger partial charge in [-0.25, -0.2) is 15.0 Å². The standard InChI is InChI=1S/C20H22N8OS/c21-18(12-3-4-12)22-13-5-7-15(8-6-13)30-20-24-19(16-2-1-9-28(16)27-20)23-17-10-14(11-29)25-26-17/h1,5-10,12,16,29H,2-4,11H2,(H2,21,22)(H2,23,24,25,26,27). The van der Waals surface area contributed by atoms with Crippen molar-refractivity contribution in [1.29, 1.82) is 0 Å². The number of nitrogens with two attached hydrogens (primary N) is 1. The lowest BCUT2D eigenvalue weighted by atomic mass is 10.2. The van der Waals surface area contributed by atoms with Gasteiger partial charge in [-0.15, -0.1) is 0 Å². The maximum absolute atomic E-state index is 9.22. The highest BCUT2D eigenvalue weighted by molar-refractivity contribution is 8.13. The average molecular weight is 423 g/mol. The molecule has 2 aromatic rings. The van der Waals surface area contributed by atoms with E-state index in [2.05, 4.69) is 31.7 Å². The van der Waals surface area contributed by atoms with Crippen LogP contribution in [0.3, 0.4) is 0 Å². The first kappa shape index (κ1) is 18.9. The van der Waals surface area contributed by atoms with Crippen LogP contribution >= 0.6 is 11.8 Å². The minimum atomic E-state index is -0.104. The van der Waals surface area contributed by atoms with Crippen LogP contribution in [0.2, 0.25) is 0 Å². The summed E-state index contributed by atoms with van der Waals surface area (Å²) in [7, 11) is 0. The van der Waals surface area contributed by atoms with E-state index in [1.54, 1.807) is 6.07 Å². The maximum Gasteiger partial charge on any atom is 0.186 e. The first-order valence-electron chi connectivity index (χ1n) is 9.84. The van der Waals surface area contributed by atoms with Crippen LogP contribution in [0.1, 0.15) is 25.0 Å². The molecule has 0 spiro atoms. The monoisotopic (exact) mass is 422 g/mol. The van der Waals surface area contributed by atoms with Gasteiger partial charge in [-0.2, -0.15) is 5.10 Å². The van der Waals surface area contributed by atoms with Crippen molar-refractivity contribution in [1.82, 2.24) is 20.6 Å². The van der Waals surface area contributed by atoms with Gasteiger partial charge in [0.1, 0.15) is 11.9 Å². The zero-order valence-corrected chi connectivity index (χ0v) is 17.0. The van der Waals surface area contributed by atoms with Gasteiger partial charge in [-0.05, 0) is 43.5 Å². The number of aromatic nitrogens is 2. The Morgan fingerprint density at radius 2 is 2.13 bits per heavy atom. The molecule has 3 heterocycles. The predicted molar refractivity (Wildman–Crippen MR) is 118 cm³/mol. The largest absolute Gasteiger partial charge is 0.390 e. The summed E-state index contributed by atoms with van der Waals surface area (Å²) >= 11 is 1.52. The number of hydrazine groups is 1. The average Bonchev–Trinajstić information content (AvgIpc) is 3.33. The number of aliphatic imine (C=N–C) groups is 3. The summed E-state index contributed by atoms with van der Waals surface area (Å²) < 4.78 is 0. The summed E-state index contributed by atoms with van der Waals surface area (Å²) in [6.07, 6.45) is 7.18. The lowest BCUT2D eigenvalue weighted by Gasteiger charge is -2.31. The van der Waals surface area contributed by atoms with E-state index in [0.29, 0.717) is 23.3 Å². The summed E-state index contributed by atoms with van der Waals surface area (Å²) in [5, 5.41) is 18.8. The van der Waals surface area contributed by atoms with Gasteiger partial charge in [0.15, 0.2) is 16.8 Å². The summed E-state index contributed by atoms with van der Waals surface area (Å²) in [4.78, 5) is 14.9. The predicted octanol–water partition coefficient (Wildman–Crippen LogP) is 2.59. The Morgan fingerprint density at radius 1 is 1.30 bits per heavy atom. The Balaban J connectivity index is 1.35. The molecule has 1 atom stereocenters. The van der Waals surface area contributed by atoms with Gasteiger partial charge >= 0.3 is 0 Å². The van der Waals surface area contributed by atoms with E-state index >= 15 is 0 Å². The number of benzene rings is 1. The second-order valence-electron chi connectivity index (χ2n) is 7.36. The van der Waals surface area contributed by atoms with E-state index in [1.165, 1.54) is 11.8 Å². The Morgan fingerprint density at radius 3 is 2.87 bits per heavy atom. The molecular formula is C20H22N8OS. The second kappa shape index (κ2) is 7.96. The molecule has 1 aromatic carbocycles. The van der Waals surface area contributed by atoms with E-state index in [9.17, 15) is 5.11 Å². The molecule has 0 amide bonds. The Kier molecular flexibility index (Phi) is 5.01. The smallest absolute Gasteiger partial charge is 0.186 e. The van der Waals surface area contributed by atoms with Gasteiger partial charge in [-0.1, -0.05) is 17.8 Å². The maximum atomic E-state index is 9.22. The van der Waals surface area contributed by atoms with Crippen LogP contribution in [0.25, 0.3) is 0 Å². The molecule has 3 aliphatic rings. The Labute approximate surface area is 177 Å². The van der Waals surface area contributed by atoms with Gasteiger partial charge in [0, 0.05) is 23.1 Å². The van der Waals surface area contributed by atoms with Gasteiger partial charge in [0.25, 0.3) is 0 Å². The van der Waals surface area contributed by atoms with Gasteiger partial charge < -0.3 is 10.8 Å². The third kappa shape index (κ3) is 4.10. The molecule has 154 valence electrons. The van der Waals surface area contributed by atoms with Crippen LogP contribution in [0.4, 0.5) is 11.5 Å². The highest BCUT2D eigenvalue weighted by atomic mass is 32.2. The summed E-state index contributed by atoms with van der Waals surface area (Å²) in [6, 6.07) is 9.70. The van der Waals surface area contributed by atoms with Crippen molar-refractivity contribution in [2.24, 2.45) is 26.6 Å². The molecule has 5 rings (SSSR count). The molecule has 1 unspecified atom stereocenters. The summed E-state index contributed by atoms with van der Waals surface area (Å²) in [5.74, 6) is 2.37. The van der Waals surface area contributed by atoms with Gasteiger partial charge in [0.2, 0.25) is 0 Å². The zero-order valence-electron chi connectivity index (χ0n) is 16.2. The molecule has 1 fully saturated rings. The molecule has 0 bridgehead atoms. The fourth-order valence-electron chi connectivity index (χ4n) is 3.25. The van der Waals surface area contributed by atoms with Crippen LogP contribution in [-0.4, -0.2) is 43.2 Å². The van der Waals surface area contributed by atoms with Crippen molar-refractivity contribution >= 4 is 40.1 Å². The van der Waals surface area contributed by atoms with Crippen LogP contribution in [0.15, 0.2) is 62.5 Å². The number of nitrogens with zero attached hydrogens (tertiary/aromatic N) is 5. The number of hydrogen-bond donors (Lipinski definition) is 4. The molecule has 30 heavy (non-hydrogen) atoms. The van der Waals surface area contributed by atoms with E-state index < -0.39 is 0 Å². The molecule has 10 heteroatoms. The number of aliphatic hydroxyl groups is 1. The number of rotatable bonds is 5. The van der Waals surface area contributed by atoms with Crippen molar-refractivity contribution in [3.63, 3.8) is 0 Å². The number of aromatic amines is 1. The van der Waals surface area contributed by atoms with Crippen molar-refractivity contribution in [3.05, 3.63) is 48.3 Å². The fraction of sp³-hybridized carbons (Fsp3) is 0.300. The number of aliphatic hydroxyl groups excluding tert-OH is 1. The normalized spacial score (nSPS) is 22.2. The molecule has 1 saturated carbocycles. The highest BCUT2D eigenvalue weighted by Crippen LogP contribution is 2.31. The van der Waals surface area contributed by atoms with Crippen molar-refractivity contribution in [2.75, 3.05) is 0 Å². The van der Waals surface area contributed by atoms with E-state index in [0.717, 1.165) is 40.8 Å². The molecule has 2 aliphatic heterocycles. The molecule has 1 aromatic heterocycles. The summed E-state index contributed by atoms with van der Waals surface area (Å²) in [6.45, 7) is -0.104. The van der Waals surface area contributed by atoms with Gasteiger partial charge in [-0.3, -0.25) is 15.5 Å². The molecule has 0 saturated heterocycles. The third-order valence-electron chi connectivity index (χ3n) is 5.02. The minimum Gasteiger partial charge on any atom is -0.390 e. The first-order chi connectivity index (χ1) is 14.7. The Hall–Kier alpha value is -3.11. The van der Waals surface area contributed by atoms with Crippen LogP contribution in [0, 0.1) is 5.92 Å². The number of H-pyrrole nitrogens is 1. The van der Waals surface area contributed by atoms with Gasteiger partial charge in [0.05, 0.1) is 18.0 Å². The van der Waals surface area contributed by atoms with Crippen LogP contribution in [0.5, 0.6) is 0 Å². The van der Waals surface area contributed by atoms with E-state index in [1.807, 2.05) is 35.5 Å². The lowest BCUT2D eigenvalue weighted by Crippen LogP contribution is -2.49. The number of nitrogens with one attached hydrogen (secondary N) is 2. The van der Waals surface area contributed by atoms with Crippen LogP contribution in [-0.2, 0) is 6.61 Å². The third-order valence-corrected chi connectivity index (χ3v) is 5.91. The second-order valence-corrected chi connectivity index (χ2v) is 8.42. The topological polar surface area (TPSA) is 127 Å². The summed E-state index contributed by atoms with van der Waals surface area (Å²) in [5.41, 5.74) is 10.8. The lowest BCUT2D eigenvalue weighted by molar-refractivity contribution is 0.276. The molecule has 0 radical (unpaired) electrons. The molecule has 5 N–H and O–H groups in total. The quantitative estimate of drug-likeness (QED) is 0.433. The molecule has 9 nitrogen and oxygen atoms in total. The van der Waals surface area contributed by atoms with Crippen molar-refractivity contribution in [3.8, 4) is 0 Å². The number of thioether (sulfide) groups is 1. The highest BCUT2D eigenvalue weighted by Gasteiger charge is 2.30. The number of hydrogen-bond acceptors (Lipinski definition) is 7. The minimum absolute atomic E-state index is 0.0192. The first-order valence-corrected chi connectivity index (χ1v) is 10.7. The Bertz CT molecular complexity index is 1050. The number of amidine groups is 3. The van der Waals surface area contributed by atoms with Crippen LogP contribution < -0.4 is 11.2 Å².